The molecule has 1 amide bonds. The first kappa shape index (κ1) is 10.9. The molecule has 0 saturated carbocycles. The zero-order valence-corrected chi connectivity index (χ0v) is 6.80. The fourth-order valence-electron chi connectivity index (χ4n) is 0.653. The van der Waals surface area contributed by atoms with Gasteiger partial charge < -0.3 is 4.84 Å². The predicted molar refractivity (Wildman–Crippen MR) is 43.7 cm³/mol. The summed E-state index contributed by atoms with van der Waals surface area (Å²) in [7, 11) is 0. The summed E-state index contributed by atoms with van der Waals surface area (Å²) in [5.74, 6) is 10.00. The SMILES string of the molecule is C=C(CCCC(=O)NN)ONN. The Morgan fingerprint density at radius 3 is 2.58 bits per heavy atom. The normalized spacial score (nSPS) is 9.17. The van der Waals surface area contributed by atoms with Gasteiger partial charge in [0.2, 0.25) is 5.91 Å². The third kappa shape index (κ3) is 5.66. The molecule has 0 aromatic carbocycles. The number of carbonyl (C=O) groups is 1. The molecule has 0 aliphatic rings. The lowest BCUT2D eigenvalue weighted by Crippen LogP contribution is -2.29. The number of hydrazine groups is 2. The van der Waals surface area contributed by atoms with Gasteiger partial charge in [-0.2, -0.15) is 0 Å². The lowest BCUT2D eigenvalue weighted by atomic mass is 10.2. The molecule has 0 unspecified atom stereocenters. The fourth-order valence-corrected chi connectivity index (χ4v) is 0.653. The van der Waals surface area contributed by atoms with Crippen molar-refractivity contribution < 1.29 is 9.63 Å². The molecule has 12 heavy (non-hydrogen) atoms. The highest BCUT2D eigenvalue weighted by Crippen LogP contribution is 2.04. The van der Waals surface area contributed by atoms with Gasteiger partial charge in [-0.25, -0.2) is 11.7 Å². The Bertz CT molecular complexity index is 160. The first-order valence-corrected chi connectivity index (χ1v) is 3.50. The van der Waals surface area contributed by atoms with Gasteiger partial charge in [0.25, 0.3) is 0 Å². The average molecular weight is 174 g/mol. The average Bonchev–Trinajstić information content (AvgIpc) is 2.04. The number of hydrogen-bond donors (Lipinski definition) is 4. The van der Waals surface area contributed by atoms with Crippen LogP contribution < -0.4 is 22.7 Å². The maximum atomic E-state index is 10.6. The van der Waals surface area contributed by atoms with Crippen LogP contribution in [0.2, 0.25) is 0 Å². The molecular formula is C6H14N4O2. The summed E-state index contributed by atoms with van der Waals surface area (Å²) in [4.78, 5) is 15.2. The summed E-state index contributed by atoms with van der Waals surface area (Å²) in [6.07, 6.45) is 1.55. The van der Waals surface area contributed by atoms with Crippen molar-refractivity contribution in [3.63, 3.8) is 0 Å². The number of amides is 1. The van der Waals surface area contributed by atoms with Crippen molar-refractivity contribution in [3.05, 3.63) is 12.3 Å². The van der Waals surface area contributed by atoms with E-state index < -0.39 is 0 Å². The van der Waals surface area contributed by atoms with Crippen LogP contribution in [-0.4, -0.2) is 5.91 Å². The molecule has 0 bridgehead atoms. The van der Waals surface area contributed by atoms with Crippen LogP contribution in [0.25, 0.3) is 0 Å². The van der Waals surface area contributed by atoms with Crippen LogP contribution in [0.4, 0.5) is 0 Å². The maximum absolute atomic E-state index is 10.6. The Balaban J connectivity index is 3.30. The highest BCUT2D eigenvalue weighted by molar-refractivity contribution is 5.75. The highest BCUT2D eigenvalue weighted by Gasteiger charge is 1.99. The van der Waals surface area contributed by atoms with Gasteiger partial charge in [0.15, 0.2) is 0 Å². The molecule has 0 aromatic heterocycles. The molecule has 0 heterocycles. The molecule has 0 aliphatic heterocycles. The molecule has 0 radical (unpaired) electrons. The number of hydrogen-bond acceptors (Lipinski definition) is 5. The van der Waals surface area contributed by atoms with Crippen molar-refractivity contribution in [2.75, 3.05) is 0 Å². The second-order valence-electron chi connectivity index (χ2n) is 2.18. The summed E-state index contributed by atoms with van der Waals surface area (Å²) in [5.41, 5.74) is 4.02. The van der Waals surface area contributed by atoms with Crippen LogP contribution >= 0.6 is 0 Å². The third-order valence-corrected chi connectivity index (χ3v) is 1.22. The second kappa shape index (κ2) is 6.59. The maximum Gasteiger partial charge on any atom is 0.233 e. The Morgan fingerprint density at radius 2 is 2.08 bits per heavy atom. The molecular weight excluding hydrogens is 160 g/mol. The largest absolute Gasteiger partial charge is 0.399 e. The van der Waals surface area contributed by atoms with Crippen LogP contribution in [0.3, 0.4) is 0 Å². The molecule has 0 aliphatic carbocycles. The topological polar surface area (TPSA) is 102 Å². The summed E-state index contributed by atoms with van der Waals surface area (Å²) in [5, 5.41) is 0. The van der Waals surface area contributed by atoms with Crippen molar-refractivity contribution in [2.24, 2.45) is 11.7 Å². The quantitative estimate of drug-likeness (QED) is 0.180. The summed E-state index contributed by atoms with van der Waals surface area (Å²) >= 11 is 0. The molecule has 0 atom stereocenters. The van der Waals surface area contributed by atoms with Crippen LogP contribution in [0.5, 0.6) is 0 Å². The van der Waals surface area contributed by atoms with E-state index in [1.54, 1.807) is 0 Å². The Hall–Kier alpha value is -1.11. The van der Waals surface area contributed by atoms with E-state index in [9.17, 15) is 4.79 Å². The van der Waals surface area contributed by atoms with E-state index in [2.05, 4.69) is 11.4 Å². The van der Waals surface area contributed by atoms with E-state index in [0.29, 0.717) is 25.0 Å². The molecule has 70 valence electrons. The Labute approximate surface area is 70.8 Å². The molecule has 6 nitrogen and oxygen atoms in total. The van der Waals surface area contributed by atoms with E-state index in [0.717, 1.165) is 0 Å². The van der Waals surface area contributed by atoms with Gasteiger partial charge in [0.1, 0.15) is 5.76 Å². The standard InChI is InChI=1S/C6H14N4O2/c1-5(12-10-8)3-2-4-6(11)9-7/h10H,1-4,7-8H2,(H,9,11). The number of carbonyl (C=O) groups excluding carboxylic acids is 1. The second-order valence-corrected chi connectivity index (χ2v) is 2.18. The van der Waals surface area contributed by atoms with E-state index in [1.807, 2.05) is 11.0 Å². The fraction of sp³-hybridized carbons (Fsp3) is 0.500. The van der Waals surface area contributed by atoms with Crippen molar-refractivity contribution >= 4 is 5.91 Å². The molecule has 0 aromatic rings. The molecule has 0 fully saturated rings. The predicted octanol–water partition coefficient (Wildman–Crippen LogP) is -0.945. The number of nitrogens with one attached hydrogen (secondary N) is 2. The van der Waals surface area contributed by atoms with Crippen LogP contribution in [-0.2, 0) is 9.63 Å². The van der Waals surface area contributed by atoms with Crippen molar-refractivity contribution in [3.8, 4) is 0 Å². The van der Waals surface area contributed by atoms with Gasteiger partial charge >= 0.3 is 0 Å². The molecule has 6 N–H and O–H groups in total. The monoisotopic (exact) mass is 174 g/mol. The zero-order valence-electron chi connectivity index (χ0n) is 6.80. The van der Waals surface area contributed by atoms with Gasteiger partial charge in [0.05, 0.1) is 0 Å². The Morgan fingerprint density at radius 1 is 1.42 bits per heavy atom. The molecule has 0 saturated heterocycles. The molecule has 0 rings (SSSR count). The van der Waals surface area contributed by atoms with E-state index in [-0.39, 0.29) is 5.91 Å². The summed E-state index contributed by atoms with van der Waals surface area (Å²) < 4.78 is 0. The minimum absolute atomic E-state index is 0.205. The van der Waals surface area contributed by atoms with Crippen molar-refractivity contribution in [1.82, 2.24) is 11.0 Å². The zero-order chi connectivity index (χ0) is 9.40. The smallest absolute Gasteiger partial charge is 0.233 e. The summed E-state index contributed by atoms with van der Waals surface area (Å²) in [6, 6.07) is 0. The lowest BCUT2D eigenvalue weighted by Gasteiger charge is -2.04. The summed E-state index contributed by atoms with van der Waals surface area (Å²) in [6.45, 7) is 3.54. The molecule has 6 heteroatoms. The van der Waals surface area contributed by atoms with Crippen molar-refractivity contribution in [1.29, 1.82) is 0 Å². The van der Waals surface area contributed by atoms with E-state index in [1.165, 1.54) is 0 Å². The van der Waals surface area contributed by atoms with Gasteiger partial charge in [-0.1, -0.05) is 12.2 Å². The van der Waals surface area contributed by atoms with Crippen LogP contribution in [0.1, 0.15) is 19.3 Å². The van der Waals surface area contributed by atoms with Gasteiger partial charge in [-0.05, 0) is 6.42 Å². The van der Waals surface area contributed by atoms with Crippen molar-refractivity contribution in [2.45, 2.75) is 19.3 Å². The minimum atomic E-state index is -0.205. The van der Waals surface area contributed by atoms with Gasteiger partial charge in [0, 0.05) is 12.8 Å². The Kier molecular flexibility index (Phi) is 5.98. The third-order valence-electron chi connectivity index (χ3n) is 1.22. The number of rotatable bonds is 6. The van der Waals surface area contributed by atoms with Crippen LogP contribution in [0.15, 0.2) is 12.3 Å². The van der Waals surface area contributed by atoms with Gasteiger partial charge in [-0.3, -0.25) is 10.2 Å². The molecule has 0 spiro atoms. The van der Waals surface area contributed by atoms with E-state index in [4.69, 9.17) is 11.7 Å². The van der Waals surface area contributed by atoms with E-state index >= 15 is 0 Å². The lowest BCUT2D eigenvalue weighted by molar-refractivity contribution is -0.121. The number of nitrogens with two attached hydrogens (primary N) is 2. The van der Waals surface area contributed by atoms with Gasteiger partial charge in [-0.15, -0.1) is 0 Å². The first-order chi connectivity index (χ1) is 5.70. The highest BCUT2D eigenvalue weighted by atomic mass is 16.7. The first-order valence-electron chi connectivity index (χ1n) is 3.50. The number of allylic oxidation sites excluding steroid dienone is 1. The minimum Gasteiger partial charge on any atom is -0.399 e. The van der Waals surface area contributed by atoms with Crippen LogP contribution in [0, 0.1) is 0 Å².